The van der Waals surface area contributed by atoms with Crippen molar-refractivity contribution in [1.82, 2.24) is 4.98 Å². The molecule has 0 saturated carbocycles. The zero-order valence-electron chi connectivity index (χ0n) is 11.2. The fourth-order valence-electron chi connectivity index (χ4n) is 2.22. The number of hydrogen-bond donors (Lipinski definition) is 0. The SMILES string of the molecule is COC(=O)c1cnc(N2CCCC(C)(C)CC2)s1. The van der Waals surface area contributed by atoms with Gasteiger partial charge in [-0.2, -0.15) is 0 Å². The van der Waals surface area contributed by atoms with Gasteiger partial charge < -0.3 is 9.64 Å². The van der Waals surface area contributed by atoms with Gasteiger partial charge in [0.15, 0.2) is 5.13 Å². The second-order valence-corrected chi connectivity index (χ2v) is 6.51. The Bertz CT molecular complexity index is 428. The molecule has 1 aromatic rings. The fourth-order valence-corrected chi connectivity index (χ4v) is 3.11. The van der Waals surface area contributed by atoms with Crippen LogP contribution in [0.3, 0.4) is 0 Å². The molecule has 1 fully saturated rings. The summed E-state index contributed by atoms with van der Waals surface area (Å²) in [7, 11) is 1.40. The summed E-state index contributed by atoms with van der Waals surface area (Å²) in [4.78, 5) is 18.6. The minimum absolute atomic E-state index is 0.297. The summed E-state index contributed by atoms with van der Waals surface area (Å²) in [6.07, 6.45) is 5.21. The highest BCUT2D eigenvalue weighted by atomic mass is 32.1. The van der Waals surface area contributed by atoms with E-state index in [1.807, 2.05) is 0 Å². The topological polar surface area (TPSA) is 42.4 Å². The molecule has 5 heteroatoms. The first-order valence-electron chi connectivity index (χ1n) is 6.31. The van der Waals surface area contributed by atoms with Crippen LogP contribution >= 0.6 is 11.3 Å². The number of carbonyl (C=O) groups is 1. The van der Waals surface area contributed by atoms with E-state index in [-0.39, 0.29) is 5.97 Å². The Labute approximate surface area is 112 Å². The molecule has 0 spiro atoms. The van der Waals surface area contributed by atoms with Gasteiger partial charge in [0.25, 0.3) is 0 Å². The van der Waals surface area contributed by atoms with E-state index in [2.05, 4.69) is 23.7 Å². The minimum atomic E-state index is -0.297. The molecule has 0 bridgehead atoms. The summed E-state index contributed by atoms with van der Waals surface area (Å²) in [6, 6.07) is 0. The molecule has 100 valence electrons. The normalized spacial score (nSPS) is 19.4. The van der Waals surface area contributed by atoms with Crippen LogP contribution in [-0.2, 0) is 4.74 Å². The molecule has 1 aromatic heterocycles. The van der Waals surface area contributed by atoms with Crippen LogP contribution < -0.4 is 4.90 Å². The second kappa shape index (κ2) is 5.26. The first-order chi connectivity index (χ1) is 8.52. The number of aromatic nitrogens is 1. The second-order valence-electron chi connectivity index (χ2n) is 5.50. The van der Waals surface area contributed by atoms with Crippen LogP contribution in [-0.4, -0.2) is 31.2 Å². The fraction of sp³-hybridized carbons (Fsp3) is 0.692. The first kappa shape index (κ1) is 13.3. The smallest absolute Gasteiger partial charge is 0.349 e. The van der Waals surface area contributed by atoms with E-state index in [0.29, 0.717) is 10.3 Å². The number of hydrogen-bond acceptors (Lipinski definition) is 5. The van der Waals surface area contributed by atoms with Crippen molar-refractivity contribution in [3.05, 3.63) is 11.1 Å². The molecular formula is C13H20N2O2S. The number of rotatable bonds is 2. The van der Waals surface area contributed by atoms with E-state index in [4.69, 9.17) is 4.74 Å². The summed E-state index contributed by atoms with van der Waals surface area (Å²) >= 11 is 1.42. The molecule has 0 amide bonds. The zero-order valence-corrected chi connectivity index (χ0v) is 12.0. The van der Waals surface area contributed by atoms with Crippen molar-refractivity contribution in [2.75, 3.05) is 25.1 Å². The minimum Gasteiger partial charge on any atom is -0.465 e. The highest BCUT2D eigenvalue weighted by Crippen LogP contribution is 2.33. The van der Waals surface area contributed by atoms with E-state index in [1.54, 1.807) is 6.20 Å². The number of esters is 1. The third-order valence-electron chi connectivity index (χ3n) is 3.49. The van der Waals surface area contributed by atoms with Crippen molar-refractivity contribution >= 4 is 22.4 Å². The highest BCUT2D eigenvalue weighted by molar-refractivity contribution is 7.17. The number of methoxy groups -OCH3 is 1. The molecule has 2 heterocycles. The molecule has 2 rings (SSSR count). The molecule has 0 atom stereocenters. The monoisotopic (exact) mass is 268 g/mol. The third-order valence-corrected chi connectivity index (χ3v) is 4.53. The molecule has 0 aliphatic carbocycles. The Morgan fingerprint density at radius 3 is 2.94 bits per heavy atom. The van der Waals surface area contributed by atoms with Crippen LogP contribution in [0.5, 0.6) is 0 Å². The van der Waals surface area contributed by atoms with Gasteiger partial charge in [-0.15, -0.1) is 0 Å². The molecule has 0 unspecified atom stereocenters. The standard InChI is InChI=1S/C13H20N2O2S/c1-13(2)5-4-7-15(8-6-13)12-14-9-10(18-12)11(16)17-3/h9H,4-8H2,1-3H3. The van der Waals surface area contributed by atoms with Crippen molar-refractivity contribution < 1.29 is 9.53 Å². The van der Waals surface area contributed by atoms with Crippen molar-refractivity contribution in [1.29, 1.82) is 0 Å². The van der Waals surface area contributed by atoms with Crippen LogP contribution in [0.2, 0.25) is 0 Å². The molecule has 0 aromatic carbocycles. The van der Waals surface area contributed by atoms with E-state index in [0.717, 1.165) is 18.2 Å². The maximum atomic E-state index is 11.4. The van der Waals surface area contributed by atoms with Gasteiger partial charge in [0.1, 0.15) is 4.88 Å². The quantitative estimate of drug-likeness (QED) is 0.773. The van der Waals surface area contributed by atoms with Gasteiger partial charge in [-0.3, -0.25) is 0 Å². The Hall–Kier alpha value is -1.10. The van der Waals surface area contributed by atoms with Gasteiger partial charge in [0.05, 0.1) is 13.3 Å². The number of ether oxygens (including phenoxy) is 1. The maximum absolute atomic E-state index is 11.4. The Balaban J connectivity index is 2.07. The molecule has 0 radical (unpaired) electrons. The van der Waals surface area contributed by atoms with Crippen LogP contribution in [0, 0.1) is 5.41 Å². The van der Waals surface area contributed by atoms with Crippen LogP contribution in [0.25, 0.3) is 0 Å². The molecule has 1 aliphatic rings. The van der Waals surface area contributed by atoms with E-state index in [9.17, 15) is 4.79 Å². The predicted octanol–water partition coefficient (Wildman–Crippen LogP) is 2.95. The first-order valence-corrected chi connectivity index (χ1v) is 7.12. The summed E-state index contributed by atoms with van der Waals surface area (Å²) in [5, 5.41) is 0.938. The predicted molar refractivity (Wildman–Crippen MR) is 73.3 cm³/mol. The molecule has 1 saturated heterocycles. The Morgan fingerprint density at radius 2 is 2.22 bits per heavy atom. The van der Waals surface area contributed by atoms with Gasteiger partial charge >= 0.3 is 5.97 Å². The average molecular weight is 268 g/mol. The van der Waals surface area contributed by atoms with Crippen molar-refractivity contribution in [3.63, 3.8) is 0 Å². The molecule has 1 aliphatic heterocycles. The molecule has 18 heavy (non-hydrogen) atoms. The molecule has 0 N–H and O–H groups in total. The Kier molecular flexibility index (Phi) is 3.90. The van der Waals surface area contributed by atoms with Gasteiger partial charge in [0, 0.05) is 13.1 Å². The summed E-state index contributed by atoms with van der Waals surface area (Å²) < 4.78 is 4.71. The van der Waals surface area contributed by atoms with E-state index < -0.39 is 0 Å². The lowest BCUT2D eigenvalue weighted by molar-refractivity contribution is 0.0606. The Morgan fingerprint density at radius 1 is 1.44 bits per heavy atom. The van der Waals surface area contributed by atoms with Crippen LogP contribution in [0.15, 0.2) is 6.20 Å². The molecular weight excluding hydrogens is 248 g/mol. The van der Waals surface area contributed by atoms with Gasteiger partial charge in [0.2, 0.25) is 0 Å². The van der Waals surface area contributed by atoms with Crippen molar-refractivity contribution in [2.24, 2.45) is 5.41 Å². The number of carbonyl (C=O) groups excluding carboxylic acids is 1. The molecule has 4 nitrogen and oxygen atoms in total. The zero-order chi connectivity index (χ0) is 13.2. The summed E-state index contributed by atoms with van der Waals surface area (Å²) in [6.45, 7) is 6.68. The van der Waals surface area contributed by atoms with Gasteiger partial charge in [-0.25, -0.2) is 9.78 Å². The lowest BCUT2D eigenvalue weighted by Gasteiger charge is -2.22. The van der Waals surface area contributed by atoms with Crippen LogP contribution in [0.1, 0.15) is 42.8 Å². The lowest BCUT2D eigenvalue weighted by Crippen LogP contribution is -2.24. The number of nitrogens with zero attached hydrogens (tertiary/aromatic N) is 2. The summed E-state index contributed by atoms with van der Waals surface area (Å²) in [5.41, 5.74) is 0.414. The number of anilines is 1. The average Bonchev–Trinajstić information content (AvgIpc) is 2.74. The summed E-state index contributed by atoms with van der Waals surface area (Å²) in [5.74, 6) is -0.297. The maximum Gasteiger partial charge on any atom is 0.349 e. The number of thiazole rings is 1. The van der Waals surface area contributed by atoms with Crippen LogP contribution in [0.4, 0.5) is 5.13 Å². The largest absolute Gasteiger partial charge is 0.465 e. The third kappa shape index (κ3) is 3.02. The highest BCUT2D eigenvalue weighted by Gasteiger charge is 2.24. The van der Waals surface area contributed by atoms with Gasteiger partial charge in [-0.05, 0) is 24.7 Å². The van der Waals surface area contributed by atoms with E-state index in [1.165, 1.54) is 37.7 Å². The van der Waals surface area contributed by atoms with Crippen molar-refractivity contribution in [2.45, 2.75) is 33.1 Å². The van der Waals surface area contributed by atoms with E-state index >= 15 is 0 Å². The van der Waals surface area contributed by atoms with Crippen molar-refractivity contribution in [3.8, 4) is 0 Å². The lowest BCUT2D eigenvalue weighted by atomic mass is 9.85. The van der Waals surface area contributed by atoms with Gasteiger partial charge in [-0.1, -0.05) is 25.2 Å².